The highest BCUT2D eigenvalue weighted by molar-refractivity contribution is 5.87. The van der Waals surface area contributed by atoms with Crippen LogP contribution < -0.4 is 82.6 Å². The summed E-state index contributed by atoms with van der Waals surface area (Å²) in [5.74, 6) is 2.83. The van der Waals surface area contributed by atoms with Crippen molar-refractivity contribution >= 4 is 99.5 Å². The lowest BCUT2D eigenvalue weighted by molar-refractivity contribution is 0.136. The molecule has 2 aromatic heterocycles. The maximum Gasteiger partial charge on any atom is 0.407 e. The molecule has 6 aromatic carbocycles. The highest BCUT2D eigenvalue weighted by Gasteiger charge is 2.26. The Morgan fingerprint density at radius 3 is 0.926 bits per heavy atom. The summed E-state index contributed by atoms with van der Waals surface area (Å²) in [6, 6.07) is 46.0. The van der Waals surface area contributed by atoms with Gasteiger partial charge in [-0.05, 0) is 221 Å². The molecule has 38 nitrogen and oxygen atoms in total. The van der Waals surface area contributed by atoms with E-state index in [0.717, 1.165) is 110 Å². The maximum atomic E-state index is 12.9. The van der Waals surface area contributed by atoms with Gasteiger partial charge in [0.05, 0.1) is 94.8 Å². The van der Waals surface area contributed by atoms with Gasteiger partial charge >= 0.3 is 36.4 Å². The van der Waals surface area contributed by atoms with Crippen molar-refractivity contribution in [1.82, 2.24) is 51.8 Å². The number of alkyl carbamates (subject to hydrolysis) is 4. The largest absolute Gasteiger partial charge is 0.497 e. The van der Waals surface area contributed by atoms with E-state index in [9.17, 15) is 38.4 Å². The Morgan fingerprint density at radius 1 is 0.385 bits per heavy atom. The number of amides is 8. The van der Waals surface area contributed by atoms with E-state index in [2.05, 4.69) is 121 Å². The van der Waals surface area contributed by atoms with Crippen LogP contribution in [0.3, 0.4) is 0 Å². The third kappa shape index (κ3) is 46.9. The van der Waals surface area contributed by atoms with E-state index >= 15 is 0 Å². The Hall–Kier alpha value is -13.8. The molecule has 0 aliphatic carbocycles. The molecule has 8 amide bonds. The summed E-state index contributed by atoms with van der Waals surface area (Å²) in [5.41, 5.74) is 6.50. The first-order chi connectivity index (χ1) is 65.0. The van der Waals surface area contributed by atoms with Crippen molar-refractivity contribution in [2.24, 2.45) is 53.4 Å². The standard InChI is InChI=1S/C49H71N13O9.C31H47N5O5.C17H21N3O3/c1-32(18-20-50-44(65)58-42-54-34(3)26-40(63)56-42)28-48(5,6)30-52-46(67)70-24-22-62(38-14-10-36(11-15-38)60-61-37-12-16-39(69-9)17-13-37)23-25-71-47(68)53-31-49(7,8)29-33(2)19-21-51-45(66)59-43-55-35(4)27-41(64)57-43;1-4-6-8-10-20-32-30(37)40-24-22-36(23-25-41-31(38)33-21-11-9-7-5-2)28-16-12-26(13-17-28)34-35-27-14-18-29(39-3)19-15-27;1-23-17-8-4-15(5-9-17)19-18-14-2-6-16(7-3-14)20(10-12-21)11-13-22/h10-17,26-27,32-33H,18-25,28-31H2,1-9H3,(H,52,67)(H,53,68)(H3,50,54,56,58,63,65)(H3,51,55,57,59,64,66);12-19H,4-11,20-25H2,1-3H3,(H,32,37)(H,33,38);2-9,21-22H,10-13H2,1H3. The van der Waals surface area contributed by atoms with Gasteiger partial charge in [-0.2, -0.15) is 30.7 Å². The predicted molar refractivity (Wildman–Crippen MR) is 525 cm³/mol. The number of ether oxygens (including phenoxy) is 7. The monoisotopic (exact) mass is 1870 g/mol. The van der Waals surface area contributed by atoms with E-state index in [1.54, 1.807) is 59.4 Å². The SMILES string of the molecule is CCCCCCNC(=O)OCCN(CCOC(=O)NCCCCCC)c1ccc(N=Nc2ccc(OC)cc2)cc1.COc1ccc(N=Nc2ccc(N(CCO)CCO)cc2)cc1.COc1ccc(N=Nc2ccc(N(CCOC(=O)NCC(C)(C)CC(C)CCNC(=O)Nc3nc(C)cc(=O)[nH]3)CCOC(=O)NCC(C)(C)CC(C)CCNC(=O)Nc3nc(C)cc(=O)[nH]3)cc2)cc1. The molecule has 0 fully saturated rings. The number of aliphatic hydroxyl groups excluding tert-OH is 2. The molecule has 0 saturated heterocycles. The van der Waals surface area contributed by atoms with Crippen molar-refractivity contribution < 1.29 is 72.1 Å². The lowest BCUT2D eigenvalue weighted by Gasteiger charge is -2.29. The van der Waals surface area contributed by atoms with Gasteiger partial charge in [-0.25, -0.2) is 38.7 Å². The molecule has 734 valence electrons. The molecule has 38 heteroatoms. The number of azo groups is 3. The number of anilines is 5. The second-order valence-electron chi connectivity index (χ2n) is 33.6. The number of nitrogens with one attached hydrogen (secondary N) is 10. The number of methoxy groups -OCH3 is 3. The fraction of sp³-hybridized carbons (Fsp3) is 0.485. The lowest BCUT2D eigenvalue weighted by Crippen LogP contribution is -2.38. The summed E-state index contributed by atoms with van der Waals surface area (Å²) in [6.45, 7) is 25.7. The summed E-state index contributed by atoms with van der Waals surface area (Å²) in [4.78, 5) is 117. The second kappa shape index (κ2) is 61.8. The van der Waals surface area contributed by atoms with Gasteiger partial charge in [0.25, 0.3) is 11.1 Å². The summed E-state index contributed by atoms with van der Waals surface area (Å²) in [5, 5.41) is 65.7. The van der Waals surface area contributed by atoms with Crippen LogP contribution >= 0.6 is 0 Å². The summed E-state index contributed by atoms with van der Waals surface area (Å²) in [7, 11) is 4.84. The zero-order valence-electron chi connectivity index (χ0n) is 80.3. The molecular formula is C97H139N21O17. The molecule has 0 aliphatic rings. The number of aromatic amines is 2. The molecule has 0 radical (unpaired) electrons. The fourth-order valence-corrected chi connectivity index (χ4v) is 13.8. The number of hydrogen-bond donors (Lipinski definition) is 12. The van der Waals surface area contributed by atoms with Gasteiger partial charge in [0.15, 0.2) is 0 Å². The van der Waals surface area contributed by atoms with Crippen LogP contribution in [-0.2, 0) is 18.9 Å². The van der Waals surface area contributed by atoms with Gasteiger partial charge in [-0.15, -0.1) is 0 Å². The van der Waals surface area contributed by atoms with Crippen LogP contribution in [0.25, 0.3) is 0 Å². The Balaban J connectivity index is 0.000000363. The maximum absolute atomic E-state index is 12.9. The Bertz CT molecular complexity index is 4850. The number of hydrogen-bond acceptors (Lipinski definition) is 28. The molecule has 2 heterocycles. The number of urea groups is 2. The van der Waals surface area contributed by atoms with Gasteiger partial charge in [0.2, 0.25) is 11.9 Å². The number of unbranched alkanes of at least 4 members (excludes halogenated alkanes) is 6. The zero-order valence-corrected chi connectivity index (χ0v) is 80.3. The molecule has 8 aromatic rings. The second-order valence-corrected chi connectivity index (χ2v) is 33.6. The van der Waals surface area contributed by atoms with Crippen LogP contribution in [0, 0.1) is 36.5 Å². The molecule has 0 spiro atoms. The zero-order chi connectivity index (χ0) is 98.0. The molecule has 0 bridgehead atoms. The minimum absolute atomic E-state index is 0.0406. The number of carbonyl (C=O) groups excluding carboxylic acids is 6. The smallest absolute Gasteiger partial charge is 0.407 e. The van der Waals surface area contributed by atoms with Gasteiger partial charge < -0.3 is 90.0 Å². The number of benzene rings is 6. The topological polar surface area (TPSA) is 479 Å². The fourth-order valence-electron chi connectivity index (χ4n) is 13.8. The van der Waals surface area contributed by atoms with Crippen LogP contribution in [0.15, 0.2) is 198 Å². The van der Waals surface area contributed by atoms with E-state index in [1.165, 1.54) is 12.1 Å². The third-order valence-corrected chi connectivity index (χ3v) is 20.7. The quantitative estimate of drug-likeness (QED) is 0.00957. The van der Waals surface area contributed by atoms with E-state index < -0.39 is 36.4 Å². The number of nitrogens with zero attached hydrogens (tertiary/aromatic N) is 11. The number of aliphatic hydroxyl groups is 2. The average molecular weight is 1870 g/mol. The molecular weight excluding hydrogens is 1730 g/mol. The van der Waals surface area contributed by atoms with Crippen molar-refractivity contribution in [3.63, 3.8) is 0 Å². The Labute approximate surface area is 791 Å². The third-order valence-electron chi connectivity index (χ3n) is 20.7. The Kier molecular flexibility index (Phi) is 50.4. The number of H-pyrrole nitrogens is 2. The van der Waals surface area contributed by atoms with Crippen LogP contribution in [0.2, 0.25) is 0 Å². The minimum atomic E-state index is -0.565. The number of carbonyl (C=O) groups is 6. The van der Waals surface area contributed by atoms with Gasteiger partial charge in [0, 0.05) is 92.9 Å². The average Bonchev–Trinajstić information content (AvgIpc) is 0.864. The summed E-state index contributed by atoms with van der Waals surface area (Å²) < 4.78 is 37.5. The predicted octanol–water partition coefficient (Wildman–Crippen LogP) is 18.1. The van der Waals surface area contributed by atoms with Crippen LogP contribution in [0.4, 0.5) is 91.9 Å². The minimum Gasteiger partial charge on any atom is -0.497 e. The van der Waals surface area contributed by atoms with E-state index in [1.807, 2.05) is 164 Å². The van der Waals surface area contributed by atoms with E-state index in [4.69, 9.17) is 43.4 Å². The van der Waals surface area contributed by atoms with Gasteiger partial charge in [-0.1, -0.05) is 93.9 Å². The van der Waals surface area contributed by atoms with Gasteiger partial charge in [0.1, 0.15) is 43.7 Å². The van der Waals surface area contributed by atoms with Crippen LogP contribution in [-0.4, -0.2) is 206 Å². The lowest BCUT2D eigenvalue weighted by atomic mass is 9.82. The molecule has 0 saturated carbocycles. The van der Waals surface area contributed by atoms with Crippen molar-refractivity contribution in [3.8, 4) is 17.2 Å². The van der Waals surface area contributed by atoms with E-state index in [-0.39, 0.29) is 85.3 Å². The summed E-state index contributed by atoms with van der Waals surface area (Å²) in [6.07, 6.45) is 9.60. The first-order valence-corrected chi connectivity index (χ1v) is 45.8. The number of aromatic nitrogens is 4. The van der Waals surface area contributed by atoms with Crippen molar-refractivity contribution in [3.05, 3.63) is 190 Å². The van der Waals surface area contributed by atoms with Crippen molar-refractivity contribution in [2.75, 3.05) is 165 Å². The van der Waals surface area contributed by atoms with Gasteiger partial charge in [-0.3, -0.25) is 30.2 Å². The normalized spacial score (nSPS) is 11.6. The van der Waals surface area contributed by atoms with Crippen molar-refractivity contribution in [2.45, 2.75) is 146 Å². The molecule has 12 N–H and O–H groups in total. The van der Waals surface area contributed by atoms with Crippen LogP contribution in [0.1, 0.15) is 144 Å². The molecule has 8 rings (SSSR count). The first kappa shape index (κ1) is 110. The first-order valence-electron chi connectivity index (χ1n) is 45.8. The highest BCUT2D eigenvalue weighted by atomic mass is 16.6. The van der Waals surface area contributed by atoms with Crippen LogP contribution in [0.5, 0.6) is 17.2 Å². The molecule has 2 atom stereocenters. The molecule has 2 unspecified atom stereocenters. The van der Waals surface area contributed by atoms with E-state index in [0.29, 0.717) is 126 Å². The molecule has 0 aliphatic heterocycles. The number of aryl methyl sites for hydroxylation is 2. The van der Waals surface area contributed by atoms with Crippen molar-refractivity contribution in [1.29, 1.82) is 0 Å². The Morgan fingerprint density at radius 2 is 0.659 bits per heavy atom. The summed E-state index contributed by atoms with van der Waals surface area (Å²) >= 11 is 0. The number of rotatable bonds is 54. The molecule has 135 heavy (non-hydrogen) atoms. The highest BCUT2D eigenvalue weighted by Crippen LogP contribution is 2.31.